The van der Waals surface area contributed by atoms with Gasteiger partial charge in [-0.05, 0) is 71.3 Å². The zero-order valence-electron chi connectivity index (χ0n) is 19.8. The van der Waals surface area contributed by atoms with Crippen LogP contribution in [0.25, 0.3) is 0 Å². The lowest BCUT2D eigenvalue weighted by Gasteiger charge is -2.35. The average Bonchev–Trinajstić information content (AvgIpc) is 3.25. The second-order valence-electron chi connectivity index (χ2n) is 10.2. The second-order valence-corrected chi connectivity index (χ2v) is 10.2. The van der Waals surface area contributed by atoms with Crippen molar-refractivity contribution in [1.82, 2.24) is 19.4 Å². The maximum Gasteiger partial charge on any atom is 0.410 e. The van der Waals surface area contributed by atoms with E-state index >= 15 is 0 Å². The van der Waals surface area contributed by atoms with Crippen LogP contribution in [0.3, 0.4) is 0 Å². The van der Waals surface area contributed by atoms with E-state index in [1.54, 1.807) is 11.1 Å². The van der Waals surface area contributed by atoms with Crippen molar-refractivity contribution in [3.05, 3.63) is 30.1 Å². The van der Waals surface area contributed by atoms with Crippen molar-refractivity contribution in [3.63, 3.8) is 0 Å². The standard InChI is InChI=1S/C24H36N4O4/c1-5-26-14-11-25-20(26)17-28(21(29)18-8-6-7-15-31-18)19-16-24(19)9-12-27(13-10-24)22(30)32-23(2,3)4/h8,11,14,19H,5-7,9-10,12-13,15-17H2,1-4H3/t19-/m0/s1. The average molecular weight is 445 g/mol. The quantitative estimate of drug-likeness (QED) is 0.692. The summed E-state index contributed by atoms with van der Waals surface area (Å²) in [7, 11) is 0. The van der Waals surface area contributed by atoms with Gasteiger partial charge < -0.3 is 23.8 Å². The highest BCUT2D eigenvalue weighted by Gasteiger charge is 2.59. The summed E-state index contributed by atoms with van der Waals surface area (Å²) < 4.78 is 13.3. The number of carbonyl (C=O) groups excluding carboxylic acids is 2. The highest BCUT2D eigenvalue weighted by molar-refractivity contribution is 5.92. The molecule has 176 valence electrons. The van der Waals surface area contributed by atoms with Crippen LogP contribution in [0.1, 0.15) is 65.6 Å². The summed E-state index contributed by atoms with van der Waals surface area (Å²) in [6, 6.07) is 0.143. The van der Waals surface area contributed by atoms with E-state index in [0.29, 0.717) is 32.0 Å². The van der Waals surface area contributed by atoms with E-state index in [4.69, 9.17) is 9.47 Å². The Bertz CT molecular complexity index is 877. The van der Waals surface area contributed by atoms with Gasteiger partial charge in [-0.3, -0.25) is 4.79 Å². The number of nitrogens with zero attached hydrogens (tertiary/aromatic N) is 4. The smallest absolute Gasteiger partial charge is 0.410 e. The zero-order chi connectivity index (χ0) is 22.9. The first-order valence-electron chi connectivity index (χ1n) is 11.8. The van der Waals surface area contributed by atoms with Crippen LogP contribution in [-0.2, 0) is 27.4 Å². The van der Waals surface area contributed by atoms with E-state index in [9.17, 15) is 9.59 Å². The number of piperidine rings is 1. The van der Waals surface area contributed by atoms with E-state index in [1.807, 2.05) is 37.9 Å². The summed E-state index contributed by atoms with van der Waals surface area (Å²) in [5.74, 6) is 1.33. The fourth-order valence-corrected chi connectivity index (χ4v) is 4.87. The number of rotatable bonds is 5. The number of likely N-dealkylation sites (tertiary alicyclic amines) is 1. The van der Waals surface area contributed by atoms with Crippen LogP contribution >= 0.6 is 0 Å². The van der Waals surface area contributed by atoms with Gasteiger partial charge in [0.1, 0.15) is 11.4 Å². The molecule has 32 heavy (non-hydrogen) atoms. The molecule has 1 aliphatic carbocycles. The van der Waals surface area contributed by atoms with Crippen molar-refractivity contribution in [2.24, 2.45) is 5.41 Å². The first kappa shape index (κ1) is 22.7. The Morgan fingerprint density at radius 3 is 2.69 bits per heavy atom. The van der Waals surface area contributed by atoms with E-state index in [0.717, 1.165) is 44.5 Å². The lowest BCUT2D eigenvalue weighted by atomic mass is 9.92. The Kier molecular flexibility index (Phi) is 6.23. The SMILES string of the molecule is CCn1ccnc1CN(C(=O)C1=CCCCO1)[C@H]1CC12CCN(C(=O)OC(C)(C)C)CC2. The first-order valence-corrected chi connectivity index (χ1v) is 11.8. The number of hydrogen-bond acceptors (Lipinski definition) is 5. The van der Waals surface area contributed by atoms with Crippen molar-refractivity contribution in [1.29, 1.82) is 0 Å². The molecule has 0 aromatic carbocycles. The number of hydrogen-bond donors (Lipinski definition) is 0. The Morgan fingerprint density at radius 1 is 1.31 bits per heavy atom. The summed E-state index contributed by atoms with van der Waals surface area (Å²) in [5.41, 5.74) is -0.431. The molecule has 0 N–H and O–H groups in total. The summed E-state index contributed by atoms with van der Waals surface area (Å²) in [6.07, 6.45) is 9.96. The van der Waals surface area contributed by atoms with Crippen LogP contribution < -0.4 is 0 Å². The largest absolute Gasteiger partial charge is 0.488 e. The Hall–Kier alpha value is -2.51. The number of carbonyl (C=O) groups is 2. The molecular formula is C24H36N4O4. The minimum Gasteiger partial charge on any atom is -0.488 e. The topological polar surface area (TPSA) is 76.9 Å². The number of aromatic nitrogens is 2. The second kappa shape index (κ2) is 8.79. The Labute approximate surface area is 190 Å². The van der Waals surface area contributed by atoms with Gasteiger partial charge in [-0.25, -0.2) is 9.78 Å². The molecule has 8 nitrogen and oxygen atoms in total. The first-order chi connectivity index (χ1) is 15.2. The van der Waals surface area contributed by atoms with Gasteiger partial charge in [-0.1, -0.05) is 0 Å². The van der Waals surface area contributed by atoms with Gasteiger partial charge in [-0.2, -0.15) is 0 Å². The molecule has 3 aliphatic rings. The van der Waals surface area contributed by atoms with Crippen molar-refractivity contribution < 1.29 is 19.1 Å². The molecule has 1 aromatic rings. The maximum absolute atomic E-state index is 13.5. The third kappa shape index (κ3) is 4.79. The van der Waals surface area contributed by atoms with Crippen LogP contribution in [0.4, 0.5) is 4.79 Å². The van der Waals surface area contributed by atoms with Gasteiger partial charge in [0.2, 0.25) is 0 Å². The molecule has 1 atom stereocenters. The Morgan fingerprint density at radius 2 is 2.06 bits per heavy atom. The summed E-state index contributed by atoms with van der Waals surface area (Å²) in [4.78, 5) is 34.2. The summed E-state index contributed by atoms with van der Waals surface area (Å²) in [6.45, 7) is 11.0. The summed E-state index contributed by atoms with van der Waals surface area (Å²) >= 11 is 0. The van der Waals surface area contributed by atoms with Crippen LogP contribution in [0.5, 0.6) is 0 Å². The highest BCUT2D eigenvalue weighted by atomic mass is 16.6. The predicted molar refractivity (Wildman–Crippen MR) is 120 cm³/mol. The lowest BCUT2D eigenvalue weighted by Crippen LogP contribution is -2.45. The highest BCUT2D eigenvalue weighted by Crippen LogP contribution is 2.57. The van der Waals surface area contributed by atoms with Gasteiger partial charge in [0.15, 0.2) is 5.76 Å². The van der Waals surface area contributed by atoms with Crippen LogP contribution in [0.15, 0.2) is 24.2 Å². The van der Waals surface area contributed by atoms with Crippen LogP contribution in [-0.4, -0.2) is 62.7 Å². The molecule has 1 aromatic heterocycles. The number of aryl methyl sites for hydroxylation is 1. The molecule has 8 heteroatoms. The third-order valence-corrected chi connectivity index (χ3v) is 6.80. The lowest BCUT2D eigenvalue weighted by molar-refractivity contribution is -0.133. The Balaban J connectivity index is 1.46. The van der Waals surface area contributed by atoms with E-state index in [2.05, 4.69) is 16.5 Å². The van der Waals surface area contributed by atoms with E-state index in [-0.39, 0.29) is 23.5 Å². The molecule has 2 fully saturated rings. The molecule has 1 saturated carbocycles. The van der Waals surface area contributed by atoms with Crippen LogP contribution in [0, 0.1) is 5.41 Å². The molecule has 4 rings (SSSR count). The molecule has 0 bridgehead atoms. The van der Waals surface area contributed by atoms with Crippen molar-refractivity contribution >= 4 is 12.0 Å². The maximum atomic E-state index is 13.5. The number of ether oxygens (including phenoxy) is 2. The number of imidazole rings is 1. The minimum absolute atomic E-state index is 0.0354. The fourth-order valence-electron chi connectivity index (χ4n) is 4.87. The van der Waals surface area contributed by atoms with Gasteiger partial charge in [0, 0.05) is 38.1 Å². The minimum atomic E-state index is -0.494. The predicted octanol–water partition coefficient (Wildman–Crippen LogP) is 3.72. The molecule has 2 amide bonds. The molecule has 0 radical (unpaired) electrons. The van der Waals surface area contributed by atoms with E-state index in [1.165, 1.54) is 0 Å². The normalized spacial score (nSPS) is 22.2. The molecule has 3 heterocycles. The van der Waals surface area contributed by atoms with Crippen molar-refractivity contribution in [2.45, 2.75) is 84.5 Å². The van der Waals surface area contributed by atoms with Gasteiger partial charge in [0.25, 0.3) is 5.91 Å². The number of allylic oxidation sites excluding steroid dienone is 1. The van der Waals surface area contributed by atoms with Gasteiger partial charge in [0.05, 0.1) is 13.2 Å². The fraction of sp³-hybridized carbons (Fsp3) is 0.708. The molecular weight excluding hydrogens is 408 g/mol. The van der Waals surface area contributed by atoms with Crippen molar-refractivity contribution in [2.75, 3.05) is 19.7 Å². The van der Waals surface area contributed by atoms with Gasteiger partial charge >= 0.3 is 6.09 Å². The third-order valence-electron chi connectivity index (χ3n) is 6.80. The molecule has 2 aliphatic heterocycles. The van der Waals surface area contributed by atoms with Gasteiger partial charge in [-0.15, -0.1) is 0 Å². The van der Waals surface area contributed by atoms with Crippen LogP contribution in [0.2, 0.25) is 0 Å². The zero-order valence-corrected chi connectivity index (χ0v) is 19.8. The molecule has 1 spiro atoms. The summed E-state index contributed by atoms with van der Waals surface area (Å²) in [5, 5.41) is 0. The van der Waals surface area contributed by atoms with Crippen molar-refractivity contribution in [3.8, 4) is 0 Å². The molecule has 1 saturated heterocycles. The number of amides is 2. The van der Waals surface area contributed by atoms with E-state index < -0.39 is 5.60 Å². The molecule has 0 unspecified atom stereocenters. The monoisotopic (exact) mass is 444 g/mol.